The zero-order chi connectivity index (χ0) is 8.20. The first-order chi connectivity index (χ1) is 4.50. The van der Waals surface area contributed by atoms with E-state index in [1.54, 1.807) is 0 Å². The Morgan fingerprint density at radius 3 is 2.40 bits per heavy atom. The summed E-state index contributed by atoms with van der Waals surface area (Å²) in [5.74, 6) is 0. The van der Waals surface area contributed by atoms with E-state index >= 15 is 0 Å². The monoisotopic (exact) mass is 164 g/mol. The maximum atomic E-state index is 10.3. The zero-order valence-electron chi connectivity index (χ0n) is 5.66. The van der Waals surface area contributed by atoms with E-state index in [9.17, 15) is 9.59 Å². The summed E-state index contributed by atoms with van der Waals surface area (Å²) in [6, 6.07) is 0. The molecule has 0 rings (SSSR count). The van der Waals surface area contributed by atoms with Crippen LogP contribution in [-0.4, -0.2) is 25.5 Å². The van der Waals surface area contributed by atoms with Crippen LogP contribution in [0.25, 0.3) is 0 Å². The van der Waals surface area contributed by atoms with Gasteiger partial charge in [-0.05, 0) is 13.1 Å². The molecule has 0 saturated heterocycles. The summed E-state index contributed by atoms with van der Waals surface area (Å²) in [4.78, 5) is 23.7. The Morgan fingerprint density at radius 2 is 2.10 bits per heavy atom. The lowest BCUT2D eigenvalue weighted by atomic mass is 11.6. The fourth-order valence-corrected chi connectivity index (χ4v) is 0.527. The van der Waals surface area contributed by atoms with Gasteiger partial charge in [0.1, 0.15) is 0 Å². The van der Waals surface area contributed by atoms with Crippen LogP contribution >= 0.6 is 0 Å². The summed E-state index contributed by atoms with van der Waals surface area (Å²) in [7, 11) is -2.84. The molecule has 0 spiro atoms. The Bertz CT molecular complexity index is 143. The minimum Gasteiger partial charge on any atom is -0.483 e. The molecule has 0 aliphatic heterocycles. The standard InChI is InChI=1S/C4H8O5Si/c1-10(2,4(6)7)9-8-3-5/h3H,1-2H3,(H,6,7). The van der Waals surface area contributed by atoms with Gasteiger partial charge in [0.15, 0.2) is 0 Å². The Kier molecular flexibility index (Phi) is 3.03. The molecule has 0 aromatic rings. The van der Waals surface area contributed by atoms with Crippen LogP contribution in [0.15, 0.2) is 0 Å². The molecule has 0 aromatic heterocycles. The van der Waals surface area contributed by atoms with Gasteiger partial charge in [0, 0.05) is 0 Å². The molecule has 6 heteroatoms. The fourth-order valence-electron chi connectivity index (χ4n) is 0.176. The van der Waals surface area contributed by atoms with Gasteiger partial charge < -0.3 is 9.99 Å². The van der Waals surface area contributed by atoms with Crippen LogP contribution in [0.5, 0.6) is 0 Å². The second kappa shape index (κ2) is 3.33. The summed E-state index contributed by atoms with van der Waals surface area (Å²) in [5, 5.41) is 8.41. The van der Waals surface area contributed by atoms with Crippen LogP contribution in [0.3, 0.4) is 0 Å². The third kappa shape index (κ3) is 2.60. The normalized spacial score (nSPS) is 10.6. The molecule has 0 unspecified atom stereocenters. The van der Waals surface area contributed by atoms with Crippen LogP contribution in [0.2, 0.25) is 13.1 Å². The van der Waals surface area contributed by atoms with Crippen molar-refractivity contribution >= 4 is 20.4 Å². The molecular weight excluding hydrogens is 156 g/mol. The molecule has 0 amide bonds. The highest BCUT2D eigenvalue weighted by Crippen LogP contribution is 2.04. The number of hydrogen-bond donors (Lipinski definition) is 1. The van der Waals surface area contributed by atoms with Crippen molar-refractivity contribution < 1.29 is 24.2 Å². The maximum Gasteiger partial charge on any atom is 0.370 e. The van der Waals surface area contributed by atoms with E-state index in [1.165, 1.54) is 13.1 Å². The van der Waals surface area contributed by atoms with E-state index in [2.05, 4.69) is 9.46 Å². The van der Waals surface area contributed by atoms with Gasteiger partial charge in [-0.2, -0.15) is 0 Å². The maximum absolute atomic E-state index is 10.3. The molecule has 0 aliphatic rings. The molecule has 0 radical (unpaired) electrons. The van der Waals surface area contributed by atoms with Crippen molar-refractivity contribution in [3.63, 3.8) is 0 Å². The number of carboxylic acid groups (broad SMARTS) is 1. The molecule has 0 aromatic carbocycles. The Morgan fingerprint density at radius 1 is 1.60 bits per heavy atom. The SMILES string of the molecule is C[Si](C)(OOC=O)C(=O)O. The zero-order valence-corrected chi connectivity index (χ0v) is 6.66. The number of carbonyl (C=O) groups excluding carboxylic acids is 1. The first-order valence-electron chi connectivity index (χ1n) is 2.52. The third-order valence-corrected chi connectivity index (χ3v) is 2.35. The highest BCUT2D eigenvalue weighted by Gasteiger charge is 2.35. The predicted molar refractivity (Wildman–Crippen MR) is 33.7 cm³/mol. The van der Waals surface area contributed by atoms with Crippen LogP contribution in [0.1, 0.15) is 0 Å². The Labute approximate surface area is 58.6 Å². The molecule has 0 saturated carbocycles. The molecule has 0 atom stereocenters. The molecule has 1 N–H and O–H groups in total. The highest BCUT2D eigenvalue weighted by molar-refractivity contribution is 6.98. The molecule has 0 fully saturated rings. The van der Waals surface area contributed by atoms with Crippen molar-refractivity contribution in [2.45, 2.75) is 13.1 Å². The first-order valence-corrected chi connectivity index (χ1v) is 5.43. The van der Waals surface area contributed by atoms with E-state index in [0.717, 1.165) is 0 Å². The number of rotatable bonds is 4. The topological polar surface area (TPSA) is 72.8 Å². The van der Waals surface area contributed by atoms with Crippen molar-refractivity contribution in [1.29, 1.82) is 0 Å². The second-order valence-corrected chi connectivity index (χ2v) is 5.71. The lowest BCUT2D eigenvalue weighted by Gasteiger charge is -2.11. The van der Waals surface area contributed by atoms with Gasteiger partial charge >= 0.3 is 20.4 Å². The fraction of sp³-hybridized carbons (Fsp3) is 0.500. The highest BCUT2D eigenvalue weighted by atomic mass is 28.4. The number of carbonyl (C=O) groups is 2. The van der Waals surface area contributed by atoms with Crippen LogP contribution in [0.4, 0.5) is 4.79 Å². The van der Waals surface area contributed by atoms with Crippen molar-refractivity contribution in [3.8, 4) is 0 Å². The van der Waals surface area contributed by atoms with Gasteiger partial charge in [0.05, 0.1) is 0 Å². The summed E-state index contributed by atoms with van der Waals surface area (Å²) in [5.41, 5.74) is -1.06. The quantitative estimate of drug-likeness (QED) is 0.284. The Hall–Kier alpha value is -0.883. The van der Waals surface area contributed by atoms with Gasteiger partial charge in [-0.1, -0.05) is 0 Å². The van der Waals surface area contributed by atoms with E-state index in [0.29, 0.717) is 0 Å². The minimum atomic E-state index is -2.84. The van der Waals surface area contributed by atoms with Crippen LogP contribution in [-0.2, 0) is 14.3 Å². The molecule has 0 heterocycles. The average molecular weight is 164 g/mol. The van der Waals surface area contributed by atoms with Crippen molar-refractivity contribution in [2.24, 2.45) is 0 Å². The lowest BCUT2D eigenvalue weighted by molar-refractivity contribution is -0.202. The molecule has 10 heavy (non-hydrogen) atoms. The van der Waals surface area contributed by atoms with Crippen LogP contribution < -0.4 is 0 Å². The van der Waals surface area contributed by atoms with E-state index in [-0.39, 0.29) is 6.47 Å². The van der Waals surface area contributed by atoms with Gasteiger partial charge in [-0.3, -0.25) is 9.59 Å². The van der Waals surface area contributed by atoms with Gasteiger partial charge in [0.25, 0.3) is 0 Å². The minimum absolute atomic E-state index is 0.0533. The van der Waals surface area contributed by atoms with E-state index in [1.807, 2.05) is 0 Å². The second-order valence-electron chi connectivity index (χ2n) is 2.09. The van der Waals surface area contributed by atoms with Gasteiger partial charge in [0.2, 0.25) is 0 Å². The molecule has 58 valence electrons. The molecular formula is C4H8O5Si. The molecule has 0 aliphatic carbocycles. The Balaban J connectivity index is 3.86. The first kappa shape index (κ1) is 9.12. The average Bonchev–Trinajstić information content (AvgIpc) is 1.84. The summed E-state index contributed by atoms with van der Waals surface area (Å²) >= 11 is 0. The summed E-state index contributed by atoms with van der Waals surface area (Å²) < 4.78 is 4.31. The van der Waals surface area contributed by atoms with E-state index < -0.39 is 13.9 Å². The van der Waals surface area contributed by atoms with Gasteiger partial charge in [-0.15, -0.1) is 0 Å². The van der Waals surface area contributed by atoms with E-state index in [4.69, 9.17) is 5.11 Å². The van der Waals surface area contributed by atoms with Crippen molar-refractivity contribution in [3.05, 3.63) is 0 Å². The van der Waals surface area contributed by atoms with Gasteiger partial charge in [-0.25, -0.2) is 4.58 Å². The van der Waals surface area contributed by atoms with Crippen molar-refractivity contribution in [2.75, 3.05) is 0 Å². The summed E-state index contributed by atoms with van der Waals surface area (Å²) in [6.45, 7) is 2.86. The lowest BCUT2D eigenvalue weighted by Crippen LogP contribution is -2.39. The van der Waals surface area contributed by atoms with Crippen molar-refractivity contribution in [1.82, 2.24) is 0 Å². The third-order valence-electron chi connectivity index (χ3n) is 0.811. The molecule has 0 bridgehead atoms. The predicted octanol–water partition coefficient (Wildman–Crippen LogP) is 0.556. The largest absolute Gasteiger partial charge is 0.483 e. The number of hydrogen-bond acceptors (Lipinski definition) is 4. The summed E-state index contributed by atoms with van der Waals surface area (Å²) in [6.07, 6.45) is 0. The molecule has 5 nitrogen and oxygen atoms in total. The van der Waals surface area contributed by atoms with Crippen LogP contribution in [0, 0.1) is 0 Å². The smallest absolute Gasteiger partial charge is 0.370 e.